The normalized spacial score (nSPS) is 10.8. The van der Waals surface area contributed by atoms with Crippen LogP contribution < -0.4 is 0 Å². The van der Waals surface area contributed by atoms with Crippen LogP contribution in [0.4, 0.5) is 0 Å². The van der Waals surface area contributed by atoms with E-state index in [4.69, 9.17) is 0 Å². The van der Waals surface area contributed by atoms with Gasteiger partial charge in [-0.25, -0.2) is 0 Å². The molecule has 0 spiro atoms. The summed E-state index contributed by atoms with van der Waals surface area (Å²) >= 11 is 0. The number of H-pyrrole nitrogens is 1. The highest BCUT2D eigenvalue weighted by molar-refractivity contribution is 5.86. The molecule has 0 aliphatic rings. The molecule has 0 saturated heterocycles. The van der Waals surface area contributed by atoms with Gasteiger partial charge < -0.3 is 10.1 Å². The first-order valence-electron chi connectivity index (χ1n) is 5.67. The molecule has 3 rings (SSSR count). The van der Waals surface area contributed by atoms with E-state index in [2.05, 4.69) is 17.1 Å². The van der Waals surface area contributed by atoms with Crippen LogP contribution >= 0.6 is 0 Å². The Kier molecular flexibility index (Phi) is 2.33. The van der Waals surface area contributed by atoms with Crippen LogP contribution in [0.2, 0.25) is 0 Å². The zero-order chi connectivity index (χ0) is 11.7. The first-order chi connectivity index (χ1) is 8.34. The van der Waals surface area contributed by atoms with Crippen molar-refractivity contribution in [1.29, 1.82) is 0 Å². The number of benzene rings is 2. The van der Waals surface area contributed by atoms with Crippen LogP contribution in [-0.2, 0) is 6.42 Å². The van der Waals surface area contributed by atoms with Crippen LogP contribution in [0.5, 0.6) is 5.88 Å². The average molecular weight is 223 g/mol. The van der Waals surface area contributed by atoms with Crippen molar-refractivity contribution in [2.45, 2.75) is 6.42 Å². The third-order valence-corrected chi connectivity index (χ3v) is 3.01. The SMILES string of the molecule is Oc1[nH]c2ccccc2c1Cc1ccccc1. The lowest BCUT2D eigenvalue weighted by atomic mass is 10.0. The van der Waals surface area contributed by atoms with E-state index in [1.807, 2.05) is 42.5 Å². The second-order valence-electron chi connectivity index (χ2n) is 4.16. The molecule has 0 unspecified atom stereocenters. The molecule has 0 aliphatic heterocycles. The molecule has 0 atom stereocenters. The maximum absolute atomic E-state index is 9.94. The van der Waals surface area contributed by atoms with E-state index in [-0.39, 0.29) is 5.88 Å². The molecule has 2 nitrogen and oxygen atoms in total. The number of aromatic nitrogens is 1. The van der Waals surface area contributed by atoms with E-state index in [0.717, 1.165) is 22.9 Å². The van der Waals surface area contributed by atoms with Gasteiger partial charge in [0.25, 0.3) is 0 Å². The molecule has 0 amide bonds. The van der Waals surface area contributed by atoms with Gasteiger partial charge in [-0.3, -0.25) is 0 Å². The van der Waals surface area contributed by atoms with Crippen molar-refractivity contribution in [3.05, 3.63) is 65.7 Å². The lowest BCUT2D eigenvalue weighted by molar-refractivity contribution is 0.453. The number of fused-ring (bicyclic) bond motifs is 1. The Bertz CT molecular complexity index is 640. The fraction of sp³-hybridized carbons (Fsp3) is 0.0667. The van der Waals surface area contributed by atoms with E-state index in [0.29, 0.717) is 0 Å². The van der Waals surface area contributed by atoms with Crippen LogP contribution in [0.3, 0.4) is 0 Å². The van der Waals surface area contributed by atoms with Gasteiger partial charge in [-0.15, -0.1) is 0 Å². The minimum atomic E-state index is 0.273. The van der Waals surface area contributed by atoms with E-state index in [1.54, 1.807) is 0 Å². The Hall–Kier alpha value is -2.22. The van der Waals surface area contributed by atoms with Crippen molar-refractivity contribution in [3.63, 3.8) is 0 Å². The topological polar surface area (TPSA) is 36.0 Å². The first kappa shape index (κ1) is 9.97. The summed E-state index contributed by atoms with van der Waals surface area (Å²) in [5, 5.41) is 11.0. The fourth-order valence-corrected chi connectivity index (χ4v) is 2.16. The first-order valence-corrected chi connectivity index (χ1v) is 5.67. The smallest absolute Gasteiger partial charge is 0.192 e. The second kappa shape index (κ2) is 3.98. The molecule has 0 fully saturated rings. The highest BCUT2D eigenvalue weighted by atomic mass is 16.3. The monoisotopic (exact) mass is 223 g/mol. The molecule has 0 aliphatic carbocycles. The van der Waals surface area contributed by atoms with Gasteiger partial charge in [0.1, 0.15) is 0 Å². The summed E-state index contributed by atoms with van der Waals surface area (Å²) in [5.74, 6) is 0.273. The van der Waals surface area contributed by atoms with E-state index in [1.165, 1.54) is 5.56 Å². The van der Waals surface area contributed by atoms with Crippen molar-refractivity contribution >= 4 is 10.9 Å². The van der Waals surface area contributed by atoms with Gasteiger partial charge in [-0.2, -0.15) is 0 Å². The molecule has 1 heterocycles. The summed E-state index contributed by atoms with van der Waals surface area (Å²) in [7, 11) is 0. The fourth-order valence-electron chi connectivity index (χ4n) is 2.16. The van der Waals surface area contributed by atoms with Crippen LogP contribution in [0, 0.1) is 0 Å². The molecular weight excluding hydrogens is 210 g/mol. The number of hydrogen-bond donors (Lipinski definition) is 2. The van der Waals surface area contributed by atoms with Crippen molar-refractivity contribution in [2.75, 3.05) is 0 Å². The summed E-state index contributed by atoms with van der Waals surface area (Å²) in [6, 6.07) is 18.1. The Morgan fingerprint density at radius 3 is 2.41 bits per heavy atom. The summed E-state index contributed by atoms with van der Waals surface area (Å²) < 4.78 is 0. The summed E-state index contributed by atoms with van der Waals surface area (Å²) in [4.78, 5) is 3.00. The Balaban J connectivity index is 2.08. The van der Waals surface area contributed by atoms with Gasteiger partial charge in [-0.05, 0) is 11.6 Å². The summed E-state index contributed by atoms with van der Waals surface area (Å²) in [6.07, 6.45) is 0.747. The number of aromatic hydroxyl groups is 1. The quantitative estimate of drug-likeness (QED) is 0.685. The Labute approximate surface area is 99.5 Å². The minimum absolute atomic E-state index is 0.273. The van der Waals surface area contributed by atoms with Gasteiger partial charge in [0.05, 0.1) is 0 Å². The molecule has 3 aromatic rings. The molecule has 0 saturated carbocycles. The van der Waals surface area contributed by atoms with E-state index in [9.17, 15) is 5.11 Å². The summed E-state index contributed by atoms with van der Waals surface area (Å²) in [6.45, 7) is 0. The van der Waals surface area contributed by atoms with Crippen LogP contribution in [0.15, 0.2) is 54.6 Å². The van der Waals surface area contributed by atoms with Gasteiger partial charge in [0.2, 0.25) is 0 Å². The predicted octanol–water partition coefficient (Wildman–Crippen LogP) is 3.46. The Morgan fingerprint density at radius 2 is 1.59 bits per heavy atom. The zero-order valence-corrected chi connectivity index (χ0v) is 9.35. The standard InChI is InChI=1S/C15H13NO/c17-15-13(10-11-6-2-1-3-7-11)12-8-4-5-9-14(12)16-15/h1-9,16-17H,10H2. The number of nitrogens with one attached hydrogen (secondary N) is 1. The highest BCUT2D eigenvalue weighted by Crippen LogP contribution is 2.28. The maximum atomic E-state index is 9.94. The van der Waals surface area contributed by atoms with Gasteiger partial charge >= 0.3 is 0 Å². The molecule has 84 valence electrons. The molecule has 1 aromatic heterocycles. The van der Waals surface area contributed by atoms with Crippen molar-refractivity contribution in [3.8, 4) is 5.88 Å². The minimum Gasteiger partial charge on any atom is -0.494 e. The summed E-state index contributed by atoms with van der Waals surface area (Å²) in [5.41, 5.74) is 3.15. The third-order valence-electron chi connectivity index (χ3n) is 3.01. The molecule has 0 radical (unpaired) electrons. The van der Waals surface area contributed by atoms with Crippen LogP contribution in [0.1, 0.15) is 11.1 Å². The largest absolute Gasteiger partial charge is 0.494 e. The Morgan fingerprint density at radius 1 is 0.882 bits per heavy atom. The van der Waals surface area contributed by atoms with Crippen molar-refractivity contribution in [1.82, 2.24) is 4.98 Å². The molecule has 17 heavy (non-hydrogen) atoms. The van der Waals surface area contributed by atoms with Gasteiger partial charge in [0.15, 0.2) is 5.88 Å². The van der Waals surface area contributed by atoms with Crippen molar-refractivity contribution in [2.24, 2.45) is 0 Å². The number of aromatic amines is 1. The second-order valence-corrected chi connectivity index (χ2v) is 4.16. The van der Waals surface area contributed by atoms with Crippen molar-refractivity contribution < 1.29 is 5.11 Å². The molecule has 2 aromatic carbocycles. The zero-order valence-electron chi connectivity index (χ0n) is 9.35. The van der Waals surface area contributed by atoms with Crippen LogP contribution in [0.25, 0.3) is 10.9 Å². The number of hydrogen-bond acceptors (Lipinski definition) is 1. The molecular formula is C15H13NO. The van der Waals surface area contributed by atoms with E-state index < -0.39 is 0 Å². The van der Waals surface area contributed by atoms with E-state index >= 15 is 0 Å². The predicted molar refractivity (Wildman–Crippen MR) is 69.2 cm³/mol. The number of para-hydroxylation sites is 1. The highest BCUT2D eigenvalue weighted by Gasteiger charge is 2.10. The van der Waals surface area contributed by atoms with Crippen LogP contribution in [-0.4, -0.2) is 10.1 Å². The van der Waals surface area contributed by atoms with Gasteiger partial charge in [0, 0.05) is 22.9 Å². The molecule has 2 heteroatoms. The third kappa shape index (κ3) is 1.78. The van der Waals surface area contributed by atoms with Gasteiger partial charge in [-0.1, -0.05) is 48.5 Å². The average Bonchev–Trinajstić information content (AvgIpc) is 2.68. The molecule has 2 N–H and O–H groups in total. The lowest BCUT2D eigenvalue weighted by Gasteiger charge is -2.00. The molecule has 0 bridgehead atoms. The lowest BCUT2D eigenvalue weighted by Crippen LogP contribution is -1.86. The maximum Gasteiger partial charge on any atom is 0.192 e. The number of rotatable bonds is 2.